The van der Waals surface area contributed by atoms with Gasteiger partial charge < -0.3 is 15.8 Å². The number of hydrogen-bond acceptors (Lipinski definition) is 5. The van der Waals surface area contributed by atoms with Crippen LogP contribution in [0.3, 0.4) is 0 Å². The molecule has 2 aromatic rings. The van der Waals surface area contributed by atoms with E-state index in [0.717, 1.165) is 35.5 Å². The zero-order chi connectivity index (χ0) is 16.9. The third-order valence-corrected chi connectivity index (χ3v) is 5.22. The monoisotopic (exact) mass is 345 g/mol. The summed E-state index contributed by atoms with van der Waals surface area (Å²) in [4.78, 5) is 18.0. The van der Waals surface area contributed by atoms with Crippen molar-refractivity contribution < 1.29 is 9.53 Å². The molecule has 0 unspecified atom stereocenters. The van der Waals surface area contributed by atoms with Crippen LogP contribution in [0.4, 0.5) is 0 Å². The van der Waals surface area contributed by atoms with Gasteiger partial charge in [-0.2, -0.15) is 0 Å². The number of amides is 1. The summed E-state index contributed by atoms with van der Waals surface area (Å²) < 4.78 is 5.61. The Balaban J connectivity index is 1.52. The molecule has 0 spiro atoms. The number of aromatic nitrogens is 1. The van der Waals surface area contributed by atoms with Crippen LogP contribution in [-0.4, -0.2) is 36.2 Å². The normalized spacial score (nSPS) is 20.2. The van der Waals surface area contributed by atoms with Crippen LogP contribution in [0.1, 0.15) is 22.7 Å². The van der Waals surface area contributed by atoms with Gasteiger partial charge in [0.15, 0.2) is 0 Å². The molecule has 1 aliphatic rings. The highest BCUT2D eigenvalue weighted by Gasteiger charge is 2.29. The fourth-order valence-corrected chi connectivity index (χ4v) is 3.86. The Morgan fingerprint density at radius 2 is 2.17 bits per heavy atom. The zero-order valence-electron chi connectivity index (χ0n) is 13.8. The minimum atomic E-state index is -0.350. The van der Waals surface area contributed by atoms with Gasteiger partial charge in [-0.25, -0.2) is 4.98 Å². The maximum absolute atomic E-state index is 12.1. The first-order valence-corrected chi connectivity index (χ1v) is 9.14. The number of nitrogens with two attached hydrogens (primary N) is 1. The average Bonchev–Trinajstić information content (AvgIpc) is 3.22. The molecule has 1 saturated heterocycles. The first-order valence-electron chi connectivity index (χ1n) is 8.32. The lowest BCUT2D eigenvalue weighted by Gasteiger charge is -2.12. The molecule has 0 aliphatic carbocycles. The molecule has 0 bridgehead atoms. The summed E-state index contributed by atoms with van der Waals surface area (Å²) in [6.45, 7) is 3.14. The number of rotatable bonds is 6. The van der Waals surface area contributed by atoms with E-state index in [1.807, 2.05) is 18.2 Å². The Bertz CT molecular complexity index is 687. The van der Waals surface area contributed by atoms with Crippen molar-refractivity contribution in [3.63, 3.8) is 0 Å². The van der Waals surface area contributed by atoms with E-state index in [0.29, 0.717) is 13.1 Å². The van der Waals surface area contributed by atoms with Crippen molar-refractivity contribution in [3.05, 3.63) is 40.2 Å². The topological polar surface area (TPSA) is 77.2 Å². The summed E-state index contributed by atoms with van der Waals surface area (Å²) >= 11 is 1.69. The van der Waals surface area contributed by atoms with E-state index < -0.39 is 0 Å². The van der Waals surface area contributed by atoms with E-state index in [4.69, 9.17) is 15.5 Å². The third kappa shape index (κ3) is 4.01. The Labute approximate surface area is 146 Å². The Morgan fingerprint density at radius 3 is 2.88 bits per heavy atom. The van der Waals surface area contributed by atoms with Gasteiger partial charge in [-0.05, 0) is 19.8 Å². The maximum atomic E-state index is 12.1. The molecule has 128 valence electrons. The van der Waals surface area contributed by atoms with Crippen molar-refractivity contribution in [2.45, 2.75) is 38.4 Å². The van der Waals surface area contributed by atoms with Crippen LogP contribution < -0.4 is 11.1 Å². The number of ether oxygens (including phenoxy) is 1. The second-order valence-electron chi connectivity index (χ2n) is 5.98. The number of carbonyl (C=O) groups is 1. The SMILES string of the molecule is Cc1sc(CCNC(=O)[C@@H]2CC[C@H](CN)O2)nc1-c1ccccc1. The molecule has 0 saturated carbocycles. The van der Waals surface area contributed by atoms with Gasteiger partial charge in [0.2, 0.25) is 5.91 Å². The third-order valence-electron chi connectivity index (χ3n) is 4.19. The van der Waals surface area contributed by atoms with Crippen molar-refractivity contribution in [2.24, 2.45) is 5.73 Å². The lowest BCUT2D eigenvalue weighted by molar-refractivity contribution is -0.131. The predicted octanol–water partition coefficient (Wildman–Crippen LogP) is 2.28. The van der Waals surface area contributed by atoms with Gasteiger partial charge in [0.1, 0.15) is 6.10 Å². The summed E-state index contributed by atoms with van der Waals surface area (Å²) in [5, 5.41) is 3.99. The molecule has 1 fully saturated rings. The van der Waals surface area contributed by atoms with Gasteiger partial charge in [0.05, 0.1) is 16.8 Å². The molecular weight excluding hydrogens is 322 g/mol. The second kappa shape index (κ2) is 7.88. The van der Waals surface area contributed by atoms with Crippen LogP contribution in [-0.2, 0) is 16.0 Å². The number of benzene rings is 1. The molecule has 1 amide bonds. The summed E-state index contributed by atoms with van der Waals surface area (Å²) in [5.41, 5.74) is 7.74. The van der Waals surface area contributed by atoms with Crippen LogP contribution in [0.25, 0.3) is 11.3 Å². The molecule has 0 radical (unpaired) electrons. The van der Waals surface area contributed by atoms with Crippen LogP contribution in [0.2, 0.25) is 0 Å². The number of thiazole rings is 1. The summed E-state index contributed by atoms with van der Waals surface area (Å²) in [6.07, 6.45) is 2.02. The van der Waals surface area contributed by atoms with Gasteiger partial charge >= 0.3 is 0 Å². The summed E-state index contributed by atoms with van der Waals surface area (Å²) in [7, 11) is 0. The highest BCUT2D eigenvalue weighted by atomic mass is 32.1. The van der Waals surface area contributed by atoms with Gasteiger partial charge in [0, 0.05) is 30.0 Å². The number of nitrogens with zero attached hydrogens (tertiary/aromatic N) is 1. The van der Waals surface area contributed by atoms with E-state index in [2.05, 4.69) is 24.4 Å². The van der Waals surface area contributed by atoms with E-state index >= 15 is 0 Å². The minimum Gasteiger partial charge on any atom is -0.364 e. The van der Waals surface area contributed by atoms with Gasteiger partial charge in [-0.3, -0.25) is 4.79 Å². The van der Waals surface area contributed by atoms with Crippen LogP contribution in [0.15, 0.2) is 30.3 Å². The molecule has 1 aliphatic heterocycles. The first kappa shape index (κ1) is 17.1. The largest absolute Gasteiger partial charge is 0.364 e. The highest BCUT2D eigenvalue weighted by molar-refractivity contribution is 7.12. The van der Waals surface area contributed by atoms with Crippen molar-refractivity contribution in [1.82, 2.24) is 10.3 Å². The quantitative estimate of drug-likeness (QED) is 0.842. The molecule has 1 aromatic heterocycles. The standard InChI is InChI=1S/C18H23N3O2S/c1-12-17(13-5-3-2-4-6-13)21-16(24-12)9-10-20-18(22)15-8-7-14(11-19)23-15/h2-6,14-15H,7-11,19H2,1H3,(H,20,22)/t14-,15+/m1/s1. The fraction of sp³-hybridized carbons (Fsp3) is 0.444. The smallest absolute Gasteiger partial charge is 0.249 e. The van der Waals surface area contributed by atoms with Gasteiger partial charge in [-0.1, -0.05) is 30.3 Å². The number of nitrogens with one attached hydrogen (secondary N) is 1. The molecule has 24 heavy (non-hydrogen) atoms. The van der Waals surface area contributed by atoms with E-state index in [1.54, 1.807) is 11.3 Å². The first-order chi connectivity index (χ1) is 11.7. The van der Waals surface area contributed by atoms with E-state index in [9.17, 15) is 4.79 Å². The highest BCUT2D eigenvalue weighted by Crippen LogP contribution is 2.27. The maximum Gasteiger partial charge on any atom is 0.249 e. The molecule has 3 N–H and O–H groups in total. The second-order valence-corrected chi connectivity index (χ2v) is 7.27. The van der Waals surface area contributed by atoms with Crippen molar-refractivity contribution in [3.8, 4) is 11.3 Å². The summed E-state index contributed by atoms with van der Waals surface area (Å²) in [6, 6.07) is 10.2. The number of aryl methyl sites for hydroxylation is 1. The van der Waals surface area contributed by atoms with Crippen molar-refractivity contribution >= 4 is 17.2 Å². The molecule has 2 heterocycles. The average molecular weight is 345 g/mol. The summed E-state index contributed by atoms with van der Waals surface area (Å²) in [5.74, 6) is -0.0393. The fourth-order valence-electron chi connectivity index (χ4n) is 2.90. The predicted molar refractivity (Wildman–Crippen MR) is 96.0 cm³/mol. The van der Waals surface area contributed by atoms with Crippen LogP contribution in [0.5, 0.6) is 0 Å². The molecule has 3 rings (SSSR count). The molecule has 1 aromatic carbocycles. The molecule has 5 nitrogen and oxygen atoms in total. The lowest BCUT2D eigenvalue weighted by Crippen LogP contribution is -2.36. The van der Waals surface area contributed by atoms with Gasteiger partial charge in [0.25, 0.3) is 0 Å². The molecule has 6 heteroatoms. The van der Waals surface area contributed by atoms with Crippen LogP contribution >= 0.6 is 11.3 Å². The molecule has 2 atom stereocenters. The van der Waals surface area contributed by atoms with Gasteiger partial charge in [-0.15, -0.1) is 11.3 Å². The Morgan fingerprint density at radius 1 is 1.38 bits per heavy atom. The van der Waals surface area contributed by atoms with Crippen molar-refractivity contribution in [1.29, 1.82) is 0 Å². The lowest BCUT2D eigenvalue weighted by atomic mass is 10.1. The minimum absolute atomic E-state index is 0.0239. The van der Waals surface area contributed by atoms with Crippen molar-refractivity contribution in [2.75, 3.05) is 13.1 Å². The van der Waals surface area contributed by atoms with E-state index in [-0.39, 0.29) is 18.1 Å². The van der Waals surface area contributed by atoms with E-state index in [1.165, 1.54) is 4.88 Å². The number of carbonyl (C=O) groups excluding carboxylic acids is 1. The molecular formula is C18H23N3O2S. The van der Waals surface area contributed by atoms with Crippen LogP contribution in [0, 0.1) is 6.92 Å². The number of hydrogen-bond donors (Lipinski definition) is 2. The zero-order valence-corrected chi connectivity index (χ0v) is 14.6. The Kier molecular flexibility index (Phi) is 5.60. The Hall–Kier alpha value is -1.76.